The number of amides is 2. The molecule has 0 bridgehead atoms. The van der Waals surface area contributed by atoms with E-state index in [1.54, 1.807) is 4.90 Å². The fraction of sp³-hybridized carbons (Fsp3) is 0.316. The van der Waals surface area contributed by atoms with Crippen LogP contribution in [0.2, 0.25) is 0 Å². The van der Waals surface area contributed by atoms with Crippen molar-refractivity contribution < 1.29 is 13.6 Å². The van der Waals surface area contributed by atoms with E-state index in [4.69, 9.17) is 0 Å². The van der Waals surface area contributed by atoms with Crippen LogP contribution in [0.5, 0.6) is 0 Å². The Hall–Kier alpha value is -2.63. The van der Waals surface area contributed by atoms with E-state index in [2.05, 4.69) is 22.3 Å². The minimum absolute atomic E-state index is 0.143. The number of nitrogens with one attached hydrogen (secondary N) is 1. The number of benzene rings is 2. The molecule has 0 spiro atoms. The summed E-state index contributed by atoms with van der Waals surface area (Å²) in [7, 11) is 0. The summed E-state index contributed by atoms with van der Waals surface area (Å²) in [6.07, 6.45) is 0.335. The van der Waals surface area contributed by atoms with Crippen LogP contribution in [0.4, 0.5) is 19.3 Å². The lowest BCUT2D eigenvalue weighted by Crippen LogP contribution is -2.52. The molecule has 0 aliphatic carbocycles. The maximum absolute atomic E-state index is 13.6. The molecule has 6 heteroatoms. The summed E-state index contributed by atoms with van der Waals surface area (Å²) in [6, 6.07) is 13.5. The van der Waals surface area contributed by atoms with Gasteiger partial charge in [-0.2, -0.15) is 0 Å². The zero-order valence-corrected chi connectivity index (χ0v) is 13.9. The molecule has 1 heterocycles. The number of para-hydroxylation sites is 1. The molecule has 25 heavy (non-hydrogen) atoms. The lowest BCUT2D eigenvalue weighted by atomic mass is 10.1. The highest BCUT2D eigenvalue weighted by Gasteiger charge is 2.20. The molecule has 2 aromatic carbocycles. The van der Waals surface area contributed by atoms with E-state index >= 15 is 0 Å². The number of nitrogens with zero attached hydrogens (tertiary/aromatic N) is 2. The molecule has 0 radical (unpaired) electrons. The Morgan fingerprint density at radius 3 is 2.40 bits per heavy atom. The predicted molar refractivity (Wildman–Crippen MR) is 93.7 cm³/mol. The minimum Gasteiger partial charge on any atom is -0.368 e. The van der Waals surface area contributed by atoms with Gasteiger partial charge in [-0.15, -0.1) is 0 Å². The molecule has 2 aromatic rings. The smallest absolute Gasteiger partial charge is 0.317 e. The first-order valence-electron chi connectivity index (χ1n) is 8.40. The van der Waals surface area contributed by atoms with Gasteiger partial charge in [0.1, 0.15) is 11.6 Å². The van der Waals surface area contributed by atoms with Crippen molar-refractivity contribution in [1.82, 2.24) is 10.2 Å². The fourth-order valence-electron chi connectivity index (χ4n) is 2.95. The third kappa shape index (κ3) is 4.47. The number of anilines is 1. The monoisotopic (exact) mass is 345 g/mol. The summed E-state index contributed by atoms with van der Waals surface area (Å²) in [6.45, 7) is 3.17. The van der Waals surface area contributed by atoms with E-state index in [9.17, 15) is 13.6 Å². The molecule has 0 saturated carbocycles. The third-order valence-corrected chi connectivity index (χ3v) is 4.37. The second-order valence-electron chi connectivity index (χ2n) is 6.03. The number of hydrogen-bond acceptors (Lipinski definition) is 2. The Morgan fingerprint density at radius 2 is 1.72 bits per heavy atom. The number of urea groups is 1. The molecule has 1 aliphatic heterocycles. The van der Waals surface area contributed by atoms with Gasteiger partial charge in [-0.25, -0.2) is 13.6 Å². The Balaban J connectivity index is 1.43. The van der Waals surface area contributed by atoms with E-state index in [1.165, 1.54) is 12.1 Å². The number of piperazine rings is 1. The molecular weight excluding hydrogens is 324 g/mol. The number of carbonyl (C=O) groups excluding carboxylic acids is 1. The third-order valence-electron chi connectivity index (χ3n) is 4.37. The van der Waals surface area contributed by atoms with Crippen molar-refractivity contribution in [2.45, 2.75) is 6.42 Å². The van der Waals surface area contributed by atoms with Gasteiger partial charge in [0.25, 0.3) is 0 Å². The first-order chi connectivity index (χ1) is 12.1. The average molecular weight is 345 g/mol. The molecule has 1 fully saturated rings. The van der Waals surface area contributed by atoms with E-state index < -0.39 is 11.6 Å². The molecular formula is C19H21F2N3O. The summed E-state index contributed by atoms with van der Waals surface area (Å²) < 4.78 is 26.4. The number of halogens is 2. The fourth-order valence-corrected chi connectivity index (χ4v) is 2.95. The summed E-state index contributed by atoms with van der Waals surface area (Å²) in [5, 5.41) is 2.81. The predicted octanol–water partition coefficient (Wildman–Crippen LogP) is 3.04. The highest BCUT2D eigenvalue weighted by molar-refractivity contribution is 5.74. The second-order valence-corrected chi connectivity index (χ2v) is 6.03. The van der Waals surface area contributed by atoms with E-state index in [-0.39, 0.29) is 6.03 Å². The molecule has 0 unspecified atom stereocenters. The molecule has 0 atom stereocenters. The van der Waals surface area contributed by atoms with Crippen molar-refractivity contribution in [3.8, 4) is 0 Å². The largest absolute Gasteiger partial charge is 0.368 e. The molecule has 1 aliphatic rings. The van der Waals surface area contributed by atoms with Crippen molar-refractivity contribution in [3.05, 3.63) is 65.7 Å². The lowest BCUT2D eigenvalue weighted by molar-refractivity contribution is 0.194. The average Bonchev–Trinajstić information content (AvgIpc) is 2.64. The highest BCUT2D eigenvalue weighted by Crippen LogP contribution is 2.15. The van der Waals surface area contributed by atoms with Crippen LogP contribution in [0.25, 0.3) is 0 Å². The molecule has 132 valence electrons. The van der Waals surface area contributed by atoms with Gasteiger partial charge in [-0.1, -0.05) is 24.3 Å². The first kappa shape index (κ1) is 17.2. The topological polar surface area (TPSA) is 35.6 Å². The van der Waals surface area contributed by atoms with E-state index in [0.29, 0.717) is 31.6 Å². The van der Waals surface area contributed by atoms with Crippen LogP contribution >= 0.6 is 0 Å². The molecule has 2 amide bonds. The first-order valence-corrected chi connectivity index (χ1v) is 8.40. The SMILES string of the molecule is O=C(NCCc1ccc(F)cc1F)N1CCN(c2ccccc2)CC1. The molecule has 1 N–H and O–H groups in total. The van der Waals surface area contributed by atoms with Crippen molar-refractivity contribution in [1.29, 1.82) is 0 Å². The van der Waals surface area contributed by atoms with Crippen LogP contribution < -0.4 is 10.2 Å². The number of hydrogen-bond donors (Lipinski definition) is 1. The van der Waals surface area contributed by atoms with E-state index in [0.717, 1.165) is 24.8 Å². The number of carbonyl (C=O) groups is 1. The van der Waals surface area contributed by atoms with Gasteiger partial charge in [0.15, 0.2) is 0 Å². The normalized spacial score (nSPS) is 14.5. The zero-order chi connectivity index (χ0) is 17.6. The molecule has 4 nitrogen and oxygen atoms in total. The van der Waals surface area contributed by atoms with Crippen LogP contribution in [0.15, 0.2) is 48.5 Å². The zero-order valence-electron chi connectivity index (χ0n) is 13.9. The van der Waals surface area contributed by atoms with Gasteiger partial charge < -0.3 is 15.1 Å². The highest BCUT2D eigenvalue weighted by atomic mass is 19.1. The Labute approximate surface area is 146 Å². The molecule has 1 saturated heterocycles. The minimum atomic E-state index is -0.596. The standard InChI is InChI=1S/C19H21F2N3O/c20-16-7-6-15(18(21)14-16)8-9-22-19(25)24-12-10-23(11-13-24)17-4-2-1-3-5-17/h1-7,14H,8-13H2,(H,22,25). The van der Waals surface area contributed by atoms with Crippen molar-refractivity contribution >= 4 is 11.7 Å². The van der Waals surface area contributed by atoms with Gasteiger partial charge in [0.05, 0.1) is 0 Å². The van der Waals surface area contributed by atoms with Gasteiger partial charge >= 0.3 is 6.03 Å². The number of rotatable bonds is 4. The Bertz CT molecular complexity index is 716. The van der Waals surface area contributed by atoms with Crippen molar-refractivity contribution in [3.63, 3.8) is 0 Å². The maximum Gasteiger partial charge on any atom is 0.317 e. The summed E-state index contributed by atoms with van der Waals surface area (Å²) in [5.74, 6) is -1.17. The van der Waals surface area contributed by atoms with Gasteiger partial charge in [0.2, 0.25) is 0 Å². The summed E-state index contributed by atoms with van der Waals surface area (Å²) >= 11 is 0. The van der Waals surface area contributed by atoms with Crippen LogP contribution in [0.3, 0.4) is 0 Å². The second kappa shape index (κ2) is 7.96. The Kier molecular flexibility index (Phi) is 5.48. The van der Waals surface area contributed by atoms with Crippen LogP contribution in [0.1, 0.15) is 5.56 Å². The van der Waals surface area contributed by atoms with Gasteiger partial charge in [0, 0.05) is 44.5 Å². The Morgan fingerprint density at radius 1 is 1.00 bits per heavy atom. The van der Waals surface area contributed by atoms with Crippen molar-refractivity contribution in [2.75, 3.05) is 37.6 Å². The van der Waals surface area contributed by atoms with Gasteiger partial charge in [-0.05, 0) is 30.2 Å². The van der Waals surface area contributed by atoms with Gasteiger partial charge in [-0.3, -0.25) is 0 Å². The van der Waals surface area contributed by atoms with Crippen LogP contribution in [-0.2, 0) is 6.42 Å². The lowest BCUT2D eigenvalue weighted by Gasteiger charge is -2.36. The maximum atomic E-state index is 13.6. The molecule has 0 aromatic heterocycles. The summed E-state index contributed by atoms with van der Waals surface area (Å²) in [5.41, 5.74) is 1.56. The quantitative estimate of drug-likeness (QED) is 0.925. The van der Waals surface area contributed by atoms with Crippen molar-refractivity contribution in [2.24, 2.45) is 0 Å². The van der Waals surface area contributed by atoms with Crippen LogP contribution in [0, 0.1) is 11.6 Å². The van der Waals surface area contributed by atoms with E-state index in [1.807, 2.05) is 18.2 Å². The summed E-state index contributed by atoms with van der Waals surface area (Å²) in [4.78, 5) is 16.2. The molecule has 3 rings (SSSR count). The van der Waals surface area contributed by atoms with Crippen LogP contribution in [-0.4, -0.2) is 43.7 Å².